The van der Waals surface area contributed by atoms with E-state index in [2.05, 4.69) is 35.9 Å². The fraction of sp³-hybridized carbons (Fsp3) is 0.800. The second-order valence-corrected chi connectivity index (χ2v) is 4.93. The second-order valence-electron chi connectivity index (χ2n) is 4.93. The summed E-state index contributed by atoms with van der Waals surface area (Å²) >= 11 is 0. The van der Waals surface area contributed by atoms with Crippen LogP contribution in [0, 0.1) is 13.8 Å². The van der Waals surface area contributed by atoms with Crippen molar-refractivity contribution < 1.29 is 9.47 Å². The SMILES string of the molecule is CCNCCc1c(C)nn(CCCOCCOC)c1C. The molecule has 1 aromatic rings. The van der Waals surface area contributed by atoms with Crippen LogP contribution in [-0.2, 0) is 22.4 Å². The van der Waals surface area contributed by atoms with Crippen LogP contribution >= 0.6 is 0 Å². The Morgan fingerprint density at radius 2 is 2.00 bits per heavy atom. The van der Waals surface area contributed by atoms with Crippen molar-refractivity contribution in [3.63, 3.8) is 0 Å². The summed E-state index contributed by atoms with van der Waals surface area (Å²) in [7, 11) is 1.69. The molecule has 1 N–H and O–H groups in total. The molecule has 0 aliphatic heterocycles. The summed E-state index contributed by atoms with van der Waals surface area (Å²) in [5.74, 6) is 0. The lowest BCUT2D eigenvalue weighted by atomic mass is 10.1. The van der Waals surface area contributed by atoms with Gasteiger partial charge in [-0.1, -0.05) is 6.92 Å². The highest BCUT2D eigenvalue weighted by Crippen LogP contribution is 2.13. The molecule has 0 aliphatic carbocycles. The number of aryl methyl sites for hydroxylation is 2. The number of hydrogen-bond donors (Lipinski definition) is 1. The van der Waals surface area contributed by atoms with Gasteiger partial charge >= 0.3 is 0 Å². The monoisotopic (exact) mass is 283 g/mol. The molecule has 1 rings (SSSR count). The zero-order valence-electron chi connectivity index (χ0n) is 13.4. The minimum Gasteiger partial charge on any atom is -0.382 e. The van der Waals surface area contributed by atoms with Crippen molar-refractivity contribution in [2.45, 2.75) is 40.2 Å². The van der Waals surface area contributed by atoms with Gasteiger partial charge in [0, 0.05) is 26.0 Å². The Labute approximate surface area is 122 Å². The van der Waals surface area contributed by atoms with Crippen LogP contribution in [0.2, 0.25) is 0 Å². The summed E-state index contributed by atoms with van der Waals surface area (Å²) in [6, 6.07) is 0. The quantitative estimate of drug-likeness (QED) is 0.628. The molecule has 5 nitrogen and oxygen atoms in total. The lowest BCUT2D eigenvalue weighted by Crippen LogP contribution is -2.16. The van der Waals surface area contributed by atoms with Crippen LogP contribution in [0.5, 0.6) is 0 Å². The number of likely N-dealkylation sites (N-methyl/N-ethyl adjacent to an activating group) is 1. The van der Waals surface area contributed by atoms with Crippen LogP contribution in [0.25, 0.3) is 0 Å². The largest absolute Gasteiger partial charge is 0.382 e. The number of hydrogen-bond acceptors (Lipinski definition) is 4. The van der Waals surface area contributed by atoms with Crippen molar-refractivity contribution in [2.24, 2.45) is 0 Å². The fourth-order valence-corrected chi connectivity index (χ4v) is 2.26. The topological polar surface area (TPSA) is 48.3 Å². The van der Waals surface area contributed by atoms with Gasteiger partial charge in [-0.25, -0.2) is 0 Å². The number of aromatic nitrogens is 2. The van der Waals surface area contributed by atoms with Crippen LogP contribution in [0.3, 0.4) is 0 Å². The zero-order chi connectivity index (χ0) is 14.8. The first-order valence-electron chi connectivity index (χ1n) is 7.51. The summed E-state index contributed by atoms with van der Waals surface area (Å²) in [5, 5.41) is 7.99. The van der Waals surface area contributed by atoms with Gasteiger partial charge in [0.25, 0.3) is 0 Å². The molecule has 1 aromatic heterocycles. The lowest BCUT2D eigenvalue weighted by molar-refractivity contribution is 0.0676. The van der Waals surface area contributed by atoms with E-state index in [4.69, 9.17) is 9.47 Å². The molecule has 0 aliphatic rings. The Balaban J connectivity index is 2.36. The first-order chi connectivity index (χ1) is 9.70. The summed E-state index contributed by atoms with van der Waals surface area (Å²) < 4.78 is 12.5. The van der Waals surface area contributed by atoms with Crippen molar-refractivity contribution in [2.75, 3.05) is 40.0 Å². The third-order valence-electron chi connectivity index (χ3n) is 3.42. The number of nitrogens with zero attached hydrogens (tertiary/aromatic N) is 2. The van der Waals surface area contributed by atoms with E-state index in [-0.39, 0.29) is 0 Å². The van der Waals surface area contributed by atoms with Gasteiger partial charge in [-0.2, -0.15) is 5.10 Å². The van der Waals surface area contributed by atoms with E-state index < -0.39 is 0 Å². The number of ether oxygens (including phenoxy) is 2. The van der Waals surface area contributed by atoms with Crippen molar-refractivity contribution in [1.29, 1.82) is 0 Å². The van der Waals surface area contributed by atoms with E-state index in [0.717, 1.165) is 44.8 Å². The molecule has 0 unspecified atom stereocenters. The van der Waals surface area contributed by atoms with Crippen LogP contribution in [0.1, 0.15) is 30.3 Å². The first kappa shape index (κ1) is 17.1. The molecule has 0 saturated heterocycles. The Morgan fingerprint density at radius 3 is 2.70 bits per heavy atom. The van der Waals surface area contributed by atoms with Crippen molar-refractivity contribution in [1.82, 2.24) is 15.1 Å². The molecule has 0 radical (unpaired) electrons. The van der Waals surface area contributed by atoms with Gasteiger partial charge in [-0.15, -0.1) is 0 Å². The Hall–Kier alpha value is -0.910. The van der Waals surface area contributed by atoms with E-state index in [9.17, 15) is 0 Å². The predicted octanol–water partition coefficient (Wildman–Crippen LogP) is 1.71. The van der Waals surface area contributed by atoms with Gasteiger partial charge in [-0.3, -0.25) is 4.68 Å². The maximum absolute atomic E-state index is 5.48. The highest BCUT2D eigenvalue weighted by molar-refractivity contribution is 5.24. The minimum atomic E-state index is 0.661. The van der Waals surface area contributed by atoms with Crippen LogP contribution < -0.4 is 5.32 Å². The molecule has 20 heavy (non-hydrogen) atoms. The molecule has 0 amide bonds. The zero-order valence-corrected chi connectivity index (χ0v) is 13.4. The average molecular weight is 283 g/mol. The number of rotatable bonds is 11. The molecule has 0 saturated carbocycles. The molecule has 0 fully saturated rings. The normalized spacial score (nSPS) is 11.2. The molecule has 0 atom stereocenters. The van der Waals surface area contributed by atoms with Crippen molar-refractivity contribution >= 4 is 0 Å². The van der Waals surface area contributed by atoms with E-state index in [0.29, 0.717) is 13.2 Å². The van der Waals surface area contributed by atoms with Crippen LogP contribution in [0.15, 0.2) is 0 Å². The van der Waals surface area contributed by atoms with E-state index in [1.807, 2.05) is 0 Å². The van der Waals surface area contributed by atoms with Crippen molar-refractivity contribution in [3.8, 4) is 0 Å². The molecular weight excluding hydrogens is 254 g/mol. The smallest absolute Gasteiger partial charge is 0.0700 e. The standard InChI is InChI=1S/C15H29N3O2/c1-5-16-8-7-15-13(2)17-18(14(15)3)9-6-10-20-12-11-19-4/h16H,5-12H2,1-4H3. The van der Waals surface area contributed by atoms with Gasteiger partial charge in [0.1, 0.15) is 0 Å². The summed E-state index contributed by atoms with van der Waals surface area (Å²) in [4.78, 5) is 0. The first-order valence-corrected chi connectivity index (χ1v) is 7.51. The Kier molecular flexibility index (Phi) is 8.49. The molecule has 116 valence electrons. The predicted molar refractivity (Wildman–Crippen MR) is 81.3 cm³/mol. The van der Waals surface area contributed by atoms with Gasteiger partial charge in [-0.05, 0) is 45.3 Å². The minimum absolute atomic E-state index is 0.661. The lowest BCUT2D eigenvalue weighted by Gasteiger charge is -2.07. The molecule has 5 heteroatoms. The van der Waals surface area contributed by atoms with Gasteiger partial charge in [0.2, 0.25) is 0 Å². The summed E-state index contributed by atoms with van der Waals surface area (Å²) in [6.07, 6.45) is 2.04. The molecule has 0 aromatic carbocycles. The van der Waals surface area contributed by atoms with Gasteiger partial charge < -0.3 is 14.8 Å². The van der Waals surface area contributed by atoms with E-state index >= 15 is 0 Å². The maximum Gasteiger partial charge on any atom is 0.0700 e. The van der Waals surface area contributed by atoms with Gasteiger partial charge in [0.05, 0.1) is 18.9 Å². The molecular formula is C15H29N3O2. The van der Waals surface area contributed by atoms with Crippen LogP contribution in [-0.4, -0.2) is 49.8 Å². The third-order valence-corrected chi connectivity index (χ3v) is 3.42. The average Bonchev–Trinajstić information content (AvgIpc) is 2.70. The highest BCUT2D eigenvalue weighted by atomic mass is 16.5. The Morgan fingerprint density at radius 1 is 1.20 bits per heavy atom. The highest BCUT2D eigenvalue weighted by Gasteiger charge is 2.10. The van der Waals surface area contributed by atoms with Crippen LogP contribution in [0.4, 0.5) is 0 Å². The van der Waals surface area contributed by atoms with Gasteiger partial charge in [0.15, 0.2) is 0 Å². The summed E-state index contributed by atoms with van der Waals surface area (Å²) in [5.41, 5.74) is 3.82. The second kappa shape index (κ2) is 9.91. The fourth-order valence-electron chi connectivity index (χ4n) is 2.26. The van der Waals surface area contributed by atoms with E-state index in [1.165, 1.54) is 11.3 Å². The third kappa shape index (κ3) is 5.61. The van der Waals surface area contributed by atoms with E-state index in [1.54, 1.807) is 7.11 Å². The summed E-state index contributed by atoms with van der Waals surface area (Å²) in [6.45, 7) is 11.4. The molecule has 0 bridgehead atoms. The number of methoxy groups -OCH3 is 1. The molecule has 1 heterocycles. The Bertz CT molecular complexity index is 377. The van der Waals surface area contributed by atoms with Crippen molar-refractivity contribution in [3.05, 3.63) is 17.0 Å². The number of nitrogens with one attached hydrogen (secondary N) is 1. The maximum atomic E-state index is 5.48. The molecule has 0 spiro atoms.